The van der Waals surface area contributed by atoms with Gasteiger partial charge in [0.15, 0.2) is 12.2 Å². The Balaban J connectivity index is 5.23. The molecular weight excluding hydrogens is 1260 g/mol. The van der Waals surface area contributed by atoms with Crippen LogP contribution in [0.1, 0.15) is 389 Å². The zero-order chi connectivity index (χ0) is 71.0. The largest absolute Gasteiger partial charge is 0.472 e. The number of phosphoric acid groups is 2. The number of rotatable bonds is 74. The Morgan fingerprint density at radius 2 is 0.438 bits per heavy atom. The summed E-state index contributed by atoms with van der Waals surface area (Å²) in [6.07, 6.45) is 51.4. The molecule has 0 rings (SSSR count). The fraction of sp³-hybridized carbons (Fsp3) is 0.948. The first kappa shape index (κ1) is 94.1. The summed E-state index contributed by atoms with van der Waals surface area (Å²) in [7, 11) is -9.91. The van der Waals surface area contributed by atoms with E-state index in [1.165, 1.54) is 186 Å². The minimum Gasteiger partial charge on any atom is -0.462 e. The number of unbranched alkanes of at least 4 members (excludes halogenated alkanes) is 40. The summed E-state index contributed by atoms with van der Waals surface area (Å²) in [6.45, 7) is 14.2. The Bertz CT molecular complexity index is 1880. The Morgan fingerprint density at radius 3 is 0.646 bits per heavy atom. The zero-order valence-electron chi connectivity index (χ0n) is 63.0. The van der Waals surface area contributed by atoms with Gasteiger partial charge in [-0.3, -0.25) is 37.3 Å². The van der Waals surface area contributed by atoms with Crippen molar-refractivity contribution in [2.75, 3.05) is 39.6 Å². The van der Waals surface area contributed by atoms with Gasteiger partial charge in [0.2, 0.25) is 0 Å². The quantitative estimate of drug-likeness (QED) is 0.0222. The molecule has 17 nitrogen and oxygen atoms in total. The molecule has 0 aliphatic rings. The van der Waals surface area contributed by atoms with Gasteiger partial charge in [-0.05, 0) is 49.4 Å². The van der Waals surface area contributed by atoms with Crippen LogP contribution in [0, 0.1) is 23.7 Å². The van der Waals surface area contributed by atoms with Crippen molar-refractivity contribution in [3.63, 3.8) is 0 Å². The molecule has 0 aromatic rings. The van der Waals surface area contributed by atoms with Crippen LogP contribution in [0.3, 0.4) is 0 Å². The third-order valence-electron chi connectivity index (χ3n) is 17.8. The van der Waals surface area contributed by atoms with Crippen LogP contribution >= 0.6 is 15.6 Å². The van der Waals surface area contributed by atoms with Crippen LogP contribution in [0.4, 0.5) is 0 Å². The lowest BCUT2D eigenvalue weighted by Crippen LogP contribution is -2.30. The van der Waals surface area contributed by atoms with Crippen molar-refractivity contribution < 1.29 is 80.2 Å². The third kappa shape index (κ3) is 70.5. The number of hydrogen-bond donors (Lipinski definition) is 3. The van der Waals surface area contributed by atoms with Gasteiger partial charge < -0.3 is 33.8 Å². The first-order chi connectivity index (χ1) is 46.1. The lowest BCUT2D eigenvalue weighted by atomic mass is 10.0. The Kier molecular flexibility index (Phi) is 65.0. The first-order valence-corrected chi connectivity index (χ1v) is 42.7. The summed E-state index contributed by atoms with van der Waals surface area (Å²) in [6, 6.07) is 0. The molecule has 0 spiro atoms. The van der Waals surface area contributed by atoms with Crippen molar-refractivity contribution in [3.8, 4) is 0 Å². The summed E-state index contributed by atoms with van der Waals surface area (Å²) in [5.74, 6) is 0.910. The molecule has 0 aliphatic heterocycles. The predicted octanol–water partition coefficient (Wildman–Crippen LogP) is 22.4. The molecule has 0 aromatic heterocycles. The maximum absolute atomic E-state index is 13.1. The van der Waals surface area contributed by atoms with Crippen LogP contribution in [0.5, 0.6) is 0 Å². The number of aliphatic hydroxyl groups is 1. The van der Waals surface area contributed by atoms with Crippen LogP contribution < -0.4 is 0 Å². The fourth-order valence-corrected chi connectivity index (χ4v) is 13.3. The Labute approximate surface area is 588 Å². The lowest BCUT2D eigenvalue weighted by Gasteiger charge is -2.21. The molecule has 0 saturated heterocycles. The van der Waals surface area contributed by atoms with E-state index in [4.69, 9.17) is 37.0 Å². The van der Waals surface area contributed by atoms with Crippen molar-refractivity contribution in [1.82, 2.24) is 0 Å². The second kappa shape index (κ2) is 66.3. The van der Waals surface area contributed by atoms with Gasteiger partial charge in [0, 0.05) is 25.7 Å². The van der Waals surface area contributed by atoms with E-state index in [1.807, 2.05) is 0 Å². The fourth-order valence-electron chi connectivity index (χ4n) is 11.7. The summed E-state index contributed by atoms with van der Waals surface area (Å²) in [5.41, 5.74) is 0. The van der Waals surface area contributed by atoms with Crippen molar-refractivity contribution >= 4 is 39.5 Å². The van der Waals surface area contributed by atoms with E-state index in [0.29, 0.717) is 31.6 Å². The maximum atomic E-state index is 13.1. The highest BCUT2D eigenvalue weighted by atomic mass is 31.2. The van der Waals surface area contributed by atoms with Gasteiger partial charge in [-0.1, -0.05) is 338 Å². The van der Waals surface area contributed by atoms with Gasteiger partial charge >= 0.3 is 39.5 Å². The summed E-state index contributed by atoms with van der Waals surface area (Å²) >= 11 is 0. The van der Waals surface area contributed by atoms with E-state index < -0.39 is 97.5 Å². The molecule has 0 fully saturated rings. The minimum absolute atomic E-state index is 0.106. The first-order valence-electron chi connectivity index (χ1n) is 39.7. The van der Waals surface area contributed by atoms with Gasteiger partial charge in [0.25, 0.3) is 0 Å². The Hall–Kier alpha value is -1.94. The molecule has 3 unspecified atom stereocenters. The van der Waals surface area contributed by atoms with E-state index in [1.54, 1.807) is 0 Å². The third-order valence-corrected chi connectivity index (χ3v) is 19.7. The highest BCUT2D eigenvalue weighted by Crippen LogP contribution is 2.45. The number of carbonyl (C=O) groups is 4. The van der Waals surface area contributed by atoms with E-state index in [-0.39, 0.29) is 25.7 Å². The van der Waals surface area contributed by atoms with Crippen LogP contribution in [-0.4, -0.2) is 96.7 Å². The smallest absolute Gasteiger partial charge is 0.462 e. The molecule has 0 aliphatic carbocycles. The predicted molar refractivity (Wildman–Crippen MR) is 391 cm³/mol. The van der Waals surface area contributed by atoms with Crippen LogP contribution in [0.2, 0.25) is 0 Å². The second-order valence-corrected chi connectivity index (χ2v) is 32.6. The number of esters is 4. The van der Waals surface area contributed by atoms with Crippen molar-refractivity contribution in [1.29, 1.82) is 0 Å². The zero-order valence-corrected chi connectivity index (χ0v) is 64.8. The number of hydrogen-bond acceptors (Lipinski definition) is 15. The van der Waals surface area contributed by atoms with Crippen LogP contribution in [0.15, 0.2) is 0 Å². The van der Waals surface area contributed by atoms with E-state index >= 15 is 0 Å². The molecule has 0 aromatic carbocycles. The van der Waals surface area contributed by atoms with Gasteiger partial charge in [-0.25, -0.2) is 9.13 Å². The second-order valence-electron chi connectivity index (χ2n) is 29.7. The highest BCUT2D eigenvalue weighted by Gasteiger charge is 2.30. The molecule has 570 valence electrons. The van der Waals surface area contributed by atoms with E-state index in [0.717, 1.165) is 114 Å². The van der Waals surface area contributed by atoms with Gasteiger partial charge in [0.1, 0.15) is 19.3 Å². The normalized spacial score (nSPS) is 14.1. The summed E-state index contributed by atoms with van der Waals surface area (Å²) in [4.78, 5) is 72.8. The van der Waals surface area contributed by atoms with Crippen molar-refractivity contribution in [2.45, 2.75) is 408 Å². The van der Waals surface area contributed by atoms with E-state index in [9.17, 15) is 43.2 Å². The molecule has 3 N–H and O–H groups in total. The molecule has 0 amide bonds. The average molecular weight is 1410 g/mol. The highest BCUT2D eigenvalue weighted by molar-refractivity contribution is 7.47. The monoisotopic (exact) mass is 1410 g/mol. The molecule has 0 heterocycles. The summed E-state index contributed by atoms with van der Waals surface area (Å²) in [5, 5.41) is 10.6. The maximum Gasteiger partial charge on any atom is 0.472 e. The molecule has 5 atom stereocenters. The Morgan fingerprint density at radius 1 is 0.260 bits per heavy atom. The molecule has 0 saturated carbocycles. The van der Waals surface area contributed by atoms with Gasteiger partial charge in [-0.15, -0.1) is 0 Å². The molecule has 0 radical (unpaired) electrons. The molecule has 0 bridgehead atoms. The standard InChI is InChI=1S/C77H150O17P2/c1-67(2)53-45-37-29-23-17-12-9-10-14-21-27-33-43-51-59-76(81)94-73(64-88-75(80)58-50-42-36-35-40-48-56-70(7)8)66-92-96(85,86)90-62-71(78)61-89-95(83,84)91-65-72(93-77(82)60-52-44-34-28-22-16-19-25-31-39-47-55-69(5)6)63-87-74(79)57-49-41-32-26-20-15-11-13-18-24-30-38-46-54-68(3)4/h67-73,78H,9-66H2,1-8H3,(H,83,84)(H,85,86)/t71?,72-,73-/m1/s1. The van der Waals surface area contributed by atoms with Crippen molar-refractivity contribution in [3.05, 3.63) is 0 Å². The van der Waals surface area contributed by atoms with Crippen molar-refractivity contribution in [2.24, 2.45) is 23.7 Å². The number of phosphoric ester groups is 2. The van der Waals surface area contributed by atoms with Gasteiger partial charge in [0.05, 0.1) is 26.4 Å². The summed E-state index contributed by atoms with van der Waals surface area (Å²) < 4.78 is 68.5. The number of aliphatic hydroxyl groups excluding tert-OH is 1. The van der Waals surface area contributed by atoms with Crippen LogP contribution in [0.25, 0.3) is 0 Å². The SMILES string of the molecule is CC(C)CCCCCCCCCCCCCCCCC(=O)O[C@H](COC(=O)CCCCCCCCC(C)C)COP(=O)(O)OCC(O)COP(=O)(O)OC[C@@H](COC(=O)CCCCCCCCCCCCCCCC(C)C)OC(=O)CCCCCCCCCCCCCC(C)C. The molecule has 19 heteroatoms. The van der Waals surface area contributed by atoms with Crippen LogP contribution in [-0.2, 0) is 65.4 Å². The van der Waals surface area contributed by atoms with E-state index in [2.05, 4.69) is 55.4 Å². The molecule has 96 heavy (non-hydrogen) atoms. The van der Waals surface area contributed by atoms with Gasteiger partial charge in [-0.2, -0.15) is 0 Å². The minimum atomic E-state index is -4.96. The number of carbonyl (C=O) groups excluding carboxylic acids is 4. The topological polar surface area (TPSA) is 237 Å². The average Bonchev–Trinajstić information content (AvgIpc) is 1.94. The number of ether oxygens (including phenoxy) is 4. The molecular formula is C77H150O17P2. The lowest BCUT2D eigenvalue weighted by molar-refractivity contribution is -0.161.